The molecule has 0 saturated carbocycles. The molecule has 0 amide bonds. The molecule has 0 bridgehead atoms. The zero-order chi connectivity index (χ0) is 7.49. The van der Waals surface area contributed by atoms with E-state index < -0.39 is 0 Å². The summed E-state index contributed by atoms with van der Waals surface area (Å²) in [6.07, 6.45) is 1.75. The average molecular weight is 258 g/mol. The van der Waals surface area contributed by atoms with Crippen molar-refractivity contribution < 1.29 is 4.79 Å². The predicted molar refractivity (Wildman–Crippen MR) is 46.4 cm³/mol. The highest BCUT2D eigenvalue weighted by Gasteiger charge is 2.28. The first-order valence-corrected chi connectivity index (χ1v) is 4.57. The fraction of sp³-hybridized carbons (Fsp3) is 0.833. The van der Waals surface area contributed by atoms with Gasteiger partial charge in [-0.1, -0.05) is 45.7 Å². The minimum Gasteiger partial charge on any atom is -0.302 e. The van der Waals surface area contributed by atoms with Crippen LogP contribution < -0.4 is 0 Å². The number of aldehydes is 1. The van der Waals surface area contributed by atoms with Crippen molar-refractivity contribution in [2.75, 3.05) is 0 Å². The summed E-state index contributed by atoms with van der Waals surface area (Å²) in [6, 6.07) is 0. The molecule has 0 rings (SSSR count). The van der Waals surface area contributed by atoms with Crippen LogP contribution >= 0.6 is 31.9 Å². The SMILES string of the molecule is CCC(Br)(C=O)C(C)Br. The van der Waals surface area contributed by atoms with Crippen LogP contribution in [-0.2, 0) is 4.79 Å². The lowest BCUT2D eigenvalue weighted by atomic mass is 10.1. The minimum absolute atomic E-state index is 0.187. The van der Waals surface area contributed by atoms with Crippen molar-refractivity contribution >= 4 is 38.1 Å². The van der Waals surface area contributed by atoms with Gasteiger partial charge in [0, 0.05) is 4.83 Å². The van der Waals surface area contributed by atoms with Crippen molar-refractivity contribution in [3.05, 3.63) is 0 Å². The molecule has 0 heterocycles. The van der Waals surface area contributed by atoms with Gasteiger partial charge in [0.25, 0.3) is 0 Å². The Bertz CT molecular complexity index is 103. The fourth-order valence-corrected chi connectivity index (χ4v) is 0.890. The van der Waals surface area contributed by atoms with Gasteiger partial charge in [0.1, 0.15) is 6.29 Å². The van der Waals surface area contributed by atoms with Crippen molar-refractivity contribution in [2.45, 2.75) is 29.4 Å². The van der Waals surface area contributed by atoms with Crippen LogP contribution in [0.15, 0.2) is 0 Å². The van der Waals surface area contributed by atoms with Gasteiger partial charge >= 0.3 is 0 Å². The molecule has 0 aromatic heterocycles. The highest BCUT2D eigenvalue weighted by Crippen LogP contribution is 2.28. The van der Waals surface area contributed by atoms with E-state index in [-0.39, 0.29) is 9.15 Å². The van der Waals surface area contributed by atoms with Gasteiger partial charge in [-0.2, -0.15) is 0 Å². The molecule has 1 nitrogen and oxygen atoms in total. The molecule has 0 aromatic rings. The first kappa shape index (κ1) is 9.63. The molecule has 54 valence electrons. The van der Waals surface area contributed by atoms with E-state index in [0.29, 0.717) is 0 Å². The Morgan fingerprint density at radius 1 is 1.78 bits per heavy atom. The molecule has 0 aromatic carbocycles. The van der Waals surface area contributed by atoms with Gasteiger partial charge < -0.3 is 4.79 Å². The third-order valence-electron chi connectivity index (χ3n) is 1.40. The zero-order valence-electron chi connectivity index (χ0n) is 5.53. The Balaban J connectivity index is 4.08. The van der Waals surface area contributed by atoms with Gasteiger partial charge in [-0.3, -0.25) is 0 Å². The van der Waals surface area contributed by atoms with Crippen LogP contribution in [0, 0.1) is 0 Å². The molecule has 0 N–H and O–H groups in total. The molecular formula is C6H10Br2O. The summed E-state index contributed by atoms with van der Waals surface area (Å²) in [7, 11) is 0. The maximum absolute atomic E-state index is 10.4. The standard InChI is InChI=1S/C6H10Br2O/c1-3-6(8,4-9)5(2)7/h4-5H,3H2,1-2H3. The number of carbonyl (C=O) groups is 1. The first-order valence-electron chi connectivity index (χ1n) is 2.86. The Morgan fingerprint density at radius 2 is 2.22 bits per heavy atom. The summed E-state index contributed by atoms with van der Waals surface area (Å²) in [4.78, 5) is 10.6. The van der Waals surface area contributed by atoms with Crippen LogP contribution in [0.25, 0.3) is 0 Å². The molecule has 9 heavy (non-hydrogen) atoms. The maximum Gasteiger partial charge on any atom is 0.137 e. The van der Waals surface area contributed by atoms with Crippen LogP contribution in [-0.4, -0.2) is 15.4 Å². The van der Waals surface area contributed by atoms with Crippen LogP contribution in [0.4, 0.5) is 0 Å². The minimum atomic E-state index is -0.368. The van der Waals surface area contributed by atoms with Crippen LogP contribution in [0.3, 0.4) is 0 Å². The summed E-state index contributed by atoms with van der Waals surface area (Å²) in [6.45, 7) is 3.92. The largest absolute Gasteiger partial charge is 0.302 e. The molecular weight excluding hydrogens is 248 g/mol. The second kappa shape index (κ2) is 3.71. The molecule has 0 fully saturated rings. The monoisotopic (exact) mass is 256 g/mol. The lowest BCUT2D eigenvalue weighted by molar-refractivity contribution is -0.109. The van der Waals surface area contributed by atoms with Gasteiger partial charge in [-0.25, -0.2) is 0 Å². The van der Waals surface area contributed by atoms with E-state index >= 15 is 0 Å². The van der Waals surface area contributed by atoms with E-state index in [1.807, 2.05) is 13.8 Å². The van der Waals surface area contributed by atoms with Crippen molar-refractivity contribution in [3.63, 3.8) is 0 Å². The molecule has 0 aliphatic carbocycles. The van der Waals surface area contributed by atoms with Gasteiger partial charge in [-0.15, -0.1) is 0 Å². The van der Waals surface area contributed by atoms with E-state index in [1.165, 1.54) is 0 Å². The van der Waals surface area contributed by atoms with Crippen molar-refractivity contribution in [1.82, 2.24) is 0 Å². The normalized spacial score (nSPS) is 20.4. The smallest absolute Gasteiger partial charge is 0.137 e. The number of alkyl halides is 2. The number of carbonyl (C=O) groups excluding carboxylic acids is 1. The van der Waals surface area contributed by atoms with Crippen LogP contribution in [0.5, 0.6) is 0 Å². The van der Waals surface area contributed by atoms with Gasteiger partial charge in [0.15, 0.2) is 0 Å². The van der Waals surface area contributed by atoms with E-state index in [0.717, 1.165) is 12.7 Å². The Hall–Kier alpha value is 0.630. The summed E-state index contributed by atoms with van der Waals surface area (Å²) in [5, 5.41) is 0. The van der Waals surface area contributed by atoms with Gasteiger partial charge in [0.2, 0.25) is 0 Å². The van der Waals surface area contributed by atoms with Gasteiger partial charge in [-0.05, 0) is 6.42 Å². The molecule has 2 atom stereocenters. The topological polar surface area (TPSA) is 17.1 Å². The Kier molecular flexibility index (Phi) is 3.97. The molecule has 0 spiro atoms. The summed E-state index contributed by atoms with van der Waals surface area (Å²) in [5.74, 6) is 0. The number of hydrogen-bond donors (Lipinski definition) is 0. The van der Waals surface area contributed by atoms with Crippen molar-refractivity contribution in [2.24, 2.45) is 0 Å². The predicted octanol–water partition coefficient (Wildman–Crippen LogP) is 2.51. The van der Waals surface area contributed by atoms with Crippen molar-refractivity contribution in [1.29, 1.82) is 0 Å². The molecule has 0 saturated heterocycles. The first-order chi connectivity index (χ1) is 4.06. The van der Waals surface area contributed by atoms with E-state index in [1.54, 1.807) is 0 Å². The maximum atomic E-state index is 10.4. The third kappa shape index (κ3) is 2.38. The fourth-order valence-electron chi connectivity index (χ4n) is 0.458. The van der Waals surface area contributed by atoms with Gasteiger partial charge in [0.05, 0.1) is 4.32 Å². The number of rotatable bonds is 3. The lowest BCUT2D eigenvalue weighted by Gasteiger charge is -2.21. The lowest BCUT2D eigenvalue weighted by Crippen LogP contribution is -2.30. The quantitative estimate of drug-likeness (QED) is 0.561. The molecule has 0 aliphatic heterocycles. The summed E-state index contributed by atoms with van der Waals surface area (Å²) < 4.78 is -0.368. The van der Waals surface area contributed by atoms with E-state index in [4.69, 9.17) is 0 Å². The highest BCUT2D eigenvalue weighted by atomic mass is 79.9. The molecule has 0 aliphatic rings. The Labute approximate surface area is 72.5 Å². The highest BCUT2D eigenvalue weighted by molar-refractivity contribution is 9.12. The molecule has 0 radical (unpaired) electrons. The molecule has 3 heteroatoms. The number of hydrogen-bond acceptors (Lipinski definition) is 1. The second-order valence-electron chi connectivity index (χ2n) is 2.01. The number of halogens is 2. The Morgan fingerprint density at radius 3 is 2.22 bits per heavy atom. The molecule has 2 unspecified atom stereocenters. The van der Waals surface area contributed by atoms with E-state index in [2.05, 4.69) is 31.9 Å². The van der Waals surface area contributed by atoms with Crippen molar-refractivity contribution in [3.8, 4) is 0 Å². The zero-order valence-corrected chi connectivity index (χ0v) is 8.70. The summed E-state index contributed by atoms with van der Waals surface area (Å²) in [5.41, 5.74) is 0. The third-order valence-corrected chi connectivity index (χ3v) is 4.26. The van der Waals surface area contributed by atoms with Crippen LogP contribution in [0.1, 0.15) is 20.3 Å². The van der Waals surface area contributed by atoms with Crippen LogP contribution in [0.2, 0.25) is 0 Å². The average Bonchev–Trinajstić information content (AvgIpc) is 1.86. The second-order valence-corrected chi connectivity index (χ2v) is 4.86. The summed E-state index contributed by atoms with van der Waals surface area (Å²) >= 11 is 6.67. The van der Waals surface area contributed by atoms with E-state index in [9.17, 15) is 4.79 Å².